The molecule has 0 radical (unpaired) electrons. The Labute approximate surface area is 65.3 Å². The lowest BCUT2D eigenvalue weighted by atomic mass is 10.2. The molecule has 0 aliphatic rings. The molecule has 60 valence electrons. The number of hydrogen-bond donors (Lipinski definition) is 1. The van der Waals surface area contributed by atoms with Crippen LogP contribution in [0.15, 0.2) is 15.6 Å². The monoisotopic (exact) mass is 153 g/mol. The van der Waals surface area contributed by atoms with E-state index in [-0.39, 0.29) is 0 Å². The largest absolute Gasteiger partial charge is 0.466 e. The maximum Gasteiger partial charge on any atom is 0.110 e. The van der Waals surface area contributed by atoms with Crippen LogP contribution in [0.3, 0.4) is 0 Å². The van der Waals surface area contributed by atoms with Crippen molar-refractivity contribution >= 4 is 5.71 Å². The zero-order valence-electron chi connectivity index (χ0n) is 6.88. The van der Waals surface area contributed by atoms with E-state index >= 15 is 0 Å². The van der Waals surface area contributed by atoms with Gasteiger partial charge in [-0.2, -0.15) is 0 Å². The summed E-state index contributed by atoms with van der Waals surface area (Å²) in [5.41, 5.74) is 1.45. The predicted octanol–water partition coefficient (Wildman–Crippen LogP) is 2.09. The summed E-state index contributed by atoms with van der Waals surface area (Å²) in [5.74, 6) is 1.62. The van der Waals surface area contributed by atoms with Crippen molar-refractivity contribution in [2.45, 2.75) is 20.8 Å². The van der Waals surface area contributed by atoms with Gasteiger partial charge in [0.25, 0.3) is 0 Å². The molecule has 0 saturated carbocycles. The Morgan fingerprint density at radius 1 is 1.55 bits per heavy atom. The van der Waals surface area contributed by atoms with Gasteiger partial charge in [0.05, 0.1) is 5.71 Å². The first-order valence-corrected chi connectivity index (χ1v) is 3.41. The molecule has 11 heavy (non-hydrogen) atoms. The Hall–Kier alpha value is -1.25. The topological polar surface area (TPSA) is 45.7 Å². The van der Waals surface area contributed by atoms with E-state index in [4.69, 9.17) is 9.62 Å². The molecule has 1 heterocycles. The maximum atomic E-state index is 8.47. The molecule has 0 fully saturated rings. The molecule has 0 amide bonds. The standard InChI is InChI=1S/C8H11NO2/c1-5-4-8(6(2)9-10)7(3)11-5/h4,10H,1-3H3/b9-6-. The first-order chi connectivity index (χ1) is 5.15. The normalized spacial score (nSPS) is 12.1. The molecule has 3 heteroatoms. The van der Waals surface area contributed by atoms with E-state index in [9.17, 15) is 0 Å². The summed E-state index contributed by atoms with van der Waals surface area (Å²) in [4.78, 5) is 0. The van der Waals surface area contributed by atoms with Gasteiger partial charge in [-0.1, -0.05) is 5.16 Å². The molecule has 0 aliphatic heterocycles. The van der Waals surface area contributed by atoms with Crippen LogP contribution in [0.5, 0.6) is 0 Å². The number of aryl methyl sites for hydroxylation is 2. The van der Waals surface area contributed by atoms with E-state index in [0.29, 0.717) is 5.71 Å². The fourth-order valence-corrected chi connectivity index (χ4v) is 1.04. The smallest absolute Gasteiger partial charge is 0.110 e. The maximum absolute atomic E-state index is 8.47. The molecule has 0 saturated heterocycles. The molecular weight excluding hydrogens is 142 g/mol. The second kappa shape index (κ2) is 2.78. The second-order valence-electron chi connectivity index (χ2n) is 2.51. The molecule has 0 unspecified atom stereocenters. The molecule has 3 nitrogen and oxygen atoms in total. The molecule has 1 N–H and O–H groups in total. The molecule has 0 aliphatic carbocycles. The number of rotatable bonds is 1. The van der Waals surface area contributed by atoms with Crippen LogP contribution >= 0.6 is 0 Å². The van der Waals surface area contributed by atoms with E-state index in [1.54, 1.807) is 6.92 Å². The Morgan fingerprint density at radius 2 is 2.18 bits per heavy atom. The number of oxime groups is 1. The lowest BCUT2D eigenvalue weighted by Gasteiger charge is -1.91. The third-order valence-electron chi connectivity index (χ3n) is 1.58. The number of hydrogen-bond acceptors (Lipinski definition) is 3. The summed E-state index contributed by atoms with van der Waals surface area (Å²) in [6, 6.07) is 1.85. The number of furan rings is 1. The van der Waals surface area contributed by atoms with Crippen molar-refractivity contribution < 1.29 is 9.62 Å². The zero-order valence-corrected chi connectivity index (χ0v) is 6.88. The van der Waals surface area contributed by atoms with Gasteiger partial charge in [0.2, 0.25) is 0 Å². The number of nitrogens with zero attached hydrogens (tertiary/aromatic N) is 1. The van der Waals surface area contributed by atoms with Gasteiger partial charge in [0.15, 0.2) is 0 Å². The molecule has 1 aromatic rings. The molecule has 0 bridgehead atoms. The minimum atomic E-state index is 0.583. The molecule has 0 atom stereocenters. The van der Waals surface area contributed by atoms with Crippen LogP contribution < -0.4 is 0 Å². The van der Waals surface area contributed by atoms with E-state index in [1.165, 1.54) is 0 Å². The van der Waals surface area contributed by atoms with E-state index in [2.05, 4.69) is 5.16 Å². The Morgan fingerprint density at radius 3 is 2.55 bits per heavy atom. The minimum absolute atomic E-state index is 0.583. The van der Waals surface area contributed by atoms with Crippen molar-refractivity contribution in [2.75, 3.05) is 0 Å². The van der Waals surface area contributed by atoms with Gasteiger partial charge in [0, 0.05) is 5.56 Å². The summed E-state index contributed by atoms with van der Waals surface area (Å²) >= 11 is 0. The van der Waals surface area contributed by atoms with Crippen molar-refractivity contribution in [3.8, 4) is 0 Å². The molecule has 0 aromatic carbocycles. The summed E-state index contributed by atoms with van der Waals surface area (Å²) < 4.78 is 5.25. The van der Waals surface area contributed by atoms with Crippen molar-refractivity contribution in [3.05, 3.63) is 23.2 Å². The van der Waals surface area contributed by atoms with Crippen molar-refractivity contribution in [1.29, 1.82) is 0 Å². The van der Waals surface area contributed by atoms with Gasteiger partial charge in [-0.05, 0) is 26.8 Å². The third kappa shape index (κ3) is 1.42. The van der Waals surface area contributed by atoms with Crippen LogP contribution in [0.4, 0.5) is 0 Å². The van der Waals surface area contributed by atoms with Gasteiger partial charge in [-0.15, -0.1) is 0 Å². The highest BCUT2D eigenvalue weighted by atomic mass is 16.4. The fourth-order valence-electron chi connectivity index (χ4n) is 1.04. The summed E-state index contributed by atoms with van der Waals surface area (Å²) in [7, 11) is 0. The lowest BCUT2D eigenvalue weighted by molar-refractivity contribution is 0.319. The molecule has 1 rings (SSSR count). The van der Waals surface area contributed by atoms with Crippen molar-refractivity contribution in [3.63, 3.8) is 0 Å². The van der Waals surface area contributed by atoms with E-state index < -0.39 is 0 Å². The van der Waals surface area contributed by atoms with Crippen LogP contribution in [0, 0.1) is 13.8 Å². The van der Waals surface area contributed by atoms with Gasteiger partial charge in [-0.3, -0.25) is 0 Å². The highest BCUT2D eigenvalue weighted by molar-refractivity contribution is 5.99. The molecule has 1 aromatic heterocycles. The first-order valence-electron chi connectivity index (χ1n) is 3.41. The fraction of sp³-hybridized carbons (Fsp3) is 0.375. The van der Waals surface area contributed by atoms with Crippen LogP contribution in [0.25, 0.3) is 0 Å². The Kier molecular flexibility index (Phi) is 1.98. The average Bonchev–Trinajstić information content (AvgIpc) is 2.28. The van der Waals surface area contributed by atoms with Crippen molar-refractivity contribution in [2.24, 2.45) is 5.16 Å². The second-order valence-corrected chi connectivity index (χ2v) is 2.51. The van der Waals surface area contributed by atoms with Gasteiger partial charge in [0.1, 0.15) is 11.5 Å². The van der Waals surface area contributed by atoms with Crippen LogP contribution in [0.1, 0.15) is 24.0 Å². The SMILES string of the molecule is C/C(=N/O)c1cc(C)oc1C. The predicted molar refractivity (Wildman–Crippen MR) is 42.2 cm³/mol. The zero-order chi connectivity index (χ0) is 8.43. The van der Waals surface area contributed by atoms with Gasteiger partial charge < -0.3 is 9.62 Å². The molecular formula is C8H11NO2. The summed E-state index contributed by atoms with van der Waals surface area (Å²) in [6.07, 6.45) is 0. The first kappa shape index (κ1) is 7.85. The van der Waals surface area contributed by atoms with Crippen LogP contribution in [-0.4, -0.2) is 10.9 Å². The Balaban J connectivity index is 3.13. The van der Waals surface area contributed by atoms with Gasteiger partial charge >= 0.3 is 0 Å². The minimum Gasteiger partial charge on any atom is -0.466 e. The molecule has 0 spiro atoms. The van der Waals surface area contributed by atoms with E-state index in [0.717, 1.165) is 17.1 Å². The van der Waals surface area contributed by atoms with Crippen LogP contribution in [-0.2, 0) is 0 Å². The van der Waals surface area contributed by atoms with E-state index in [1.807, 2.05) is 19.9 Å². The summed E-state index contributed by atoms with van der Waals surface area (Å²) in [6.45, 7) is 5.44. The quantitative estimate of drug-likeness (QED) is 0.381. The van der Waals surface area contributed by atoms with Crippen molar-refractivity contribution in [1.82, 2.24) is 0 Å². The van der Waals surface area contributed by atoms with Crippen LogP contribution in [0.2, 0.25) is 0 Å². The summed E-state index contributed by atoms with van der Waals surface area (Å²) in [5, 5.41) is 11.6. The average molecular weight is 153 g/mol. The lowest BCUT2D eigenvalue weighted by Crippen LogP contribution is -1.93. The highest BCUT2D eigenvalue weighted by Crippen LogP contribution is 2.14. The Bertz CT molecular complexity index is 286. The van der Waals surface area contributed by atoms with Gasteiger partial charge in [-0.25, -0.2) is 0 Å². The third-order valence-corrected chi connectivity index (χ3v) is 1.58. The highest BCUT2D eigenvalue weighted by Gasteiger charge is 2.06.